The monoisotopic (exact) mass is 326 g/mol. The van der Waals surface area contributed by atoms with Gasteiger partial charge in [0.15, 0.2) is 0 Å². The van der Waals surface area contributed by atoms with Gasteiger partial charge >= 0.3 is 0 Å². The second-order valence-corrected chi connectivity index (χ2v) is 5.32. The summed E-state index contributed by atoms with van der Waals surface area (Å²) in [6.07, 6.45) is 0.221. The first-order valence-electron chi connectivity index (χ1n) is 5.90. The van der Waals surface area contributed by atoms with Gasteiger partial charge in [-0.05, 0) is 18.2 Å². The van der Waals surface area contributed by atoms with Crippen molar-refractivity contribution < 1.29 is 14.4 Å². The van der Waals surface area contributed by atoms with Gasteiger partial charge in [0, 0.05) is 30.2 Å². The van der Waals surface area contributed by atoms with Crippen LogP contribution in [0.15, 0.2) is 28.7 Å². The normalized spacial score (nSPS) is 18.8. The minimum absolute atomic E-state index is 0.0408. The molecule has 2 amide bonds. The maximum absolute atomic E-state index is 12.0. The summed E-state index contributed by atoms with van der Waals surface area (Å²) in [6, 6.07) is 7.48. The molecule has 1 atom stereocenters. The minimum Gasteiger partial charge on any atom is -0.312 e. The van der Waals surface area contributed by atoms with Gasteiger partial charge in [-0.25, -0.2) is 5.06 Å². The van der Waals surface area contributed by atoms with E-state index in [0.717, 1.165) is 10.2 Å². The Morgan fingerprint density at radius 1 is 1.53 bits per heavy atom. The fraction of sp³-hybridized carbons (Fsp3) is 0.385. The van der Waals surface area contributed by atoms with Crippen LogP contribution in [0.5, 0.6) is 0 Å². The highest BCUT2D eigenvalue weighted by atomic mass is 79.9. The second-order valence-electron chi connectivity index (χ2n) is 4.40. The van der Waals surface area contributed by atoms with Crippen LogP contribution in [-0.2, 0) is 14.4 Å². The number of benzene rings is 1. The number of carbonyl (C=O) groups excluding carboxylic acids is 2. The zero-order valence-electron chi connectivity index (χ0n) is 10.8. The molecule has 0 saturated carbocycles. The topological polar surface area (TPSA) is 49.9 Å². The Bertz CT molecular complexity index is 506. The van der Waals surface area contributed by atoms with Crippen LogP contribution in [0.25, 0.3) is 0 Å². The highest BCUT2D eigenvalue weighted by Gasteiger charge is 2.36. The Morgan fingerprint density at radius 2 is 2.26 bits per heavy atom. The van der Waals surface area contributed by atoms with Gasteiger partial charge < -0.3 is 4.90 Å². The number of rotatable bonds is 3. The van der Waals surface area contributed by atoms with Crippen LogP contribution < -0.4 is 4.90 Å². The first kappa shape index (κ1) is 14.0. The van der Waals surface area contributed by atoms with Gasteiger partial charge in [0.05, 0.1) is 13.0 Å². The molecule has 1 fully saturated rings. The van der Waals surface area contributed by atoms with Crippen LogP contribution >= 0.6 is 15.9 Å². The quantitative estimate of drug-likeness (QED) is 0.796. The van der Waals surface area contributed by atoms with Crippen molar-refractivity contribution in [2.45, 2.75) is 6.42 Å². The molecule has 1 aliphatic heterocycles. The summed E-state index contributed by atoms with van der Waals surface area (Å²) in [6.45, 7) is 0.391. The molecule has 1 unspecified atom stereocenters. The first-order valence-corrected chi connectivity index (χ1v) is 6.70. The van der Waals surface area contributed by atoms with E-state index in [2.05, 4.69) is 15.9 Å². The Hall–Kier alpha value is -1.40. The van der Waals surface area contributed by atoms with Gasteiger partial charge in [0.1, 0.15) is 0 Å². The fourth-order valence-electron chi connectivity index (χ4n) is 2.11. The number of anilines is 1. The van der Waals surface area contributed by atoms with E-state index >= 15 is 0 Å². The van der Waals surface area contributed by atoms with E-state index in [-0.39, 0.29) is 24.2 Å². The van der Waals surface area contributed by atoms with Crippen LogP contribution in [0.3, 0.4) is 0 Å². The second kappa shape index (κ2) is 5.71. The molecule has 0 N–H and O–H groups in total. The first-order chi connectivity index (χ1) is 9.02. The van der Waals surface area contributed by atoms with E-state index in [1.54, 1.807) is 11.9 Å². The van der Waals surface area contributed by atoms with Crippen molar-refractivity contribution in [2.75, 3.05) is 25.6 Å². The average Bonchev–Trinajstić information content (AvgIpc) is 2.79. The summed E-state index contributed by atoms with van der Waals surface area (Å²) in [7, 11) is 2.98. The molecule has 19 heavy (non-hydrogen) atoms. The Balaban J connectivity index is 2.14. The molecular weight excluding hydrogens is 312 g/mol. The molecule has 0 radical (unpaired) electrons. The Labute approximate surface area is 120 Å². The van der Waals surface area contributed by atoms with Crippen LogP contribution in [0, 0.1) is 5.92 Å². The van der Waals surface area contributed by atoms with Crippen molar-refractivity contribution in [1.29, 1.82) is 0 Å². The number of amides is 2. The van der Waals surface area contributed by atoms with Crippen molar-refractivity contribution in [3.8, 4) is 0 Å². The molecule has 2 rings (SSSR count). The SMILES string of the molecule is CON(C)C(=O)C1CC(=O)N(c2cccc(Br)c2)C1. The van der Waals surface area contributed by atoms with E-state index in [0.29, 0.717) is 6.54 Å². The van der Waals surface area contributed by atoms with Gasteiger partial charge in [-0.15, -0.1) is 0 Å². The minimum atomic E-state index is -0.351. The van der Waals surface area contributed by atoms with Crippen molar-refractivity contribution in [2.24, 2.45) is 5.92 Å². The maximum Gasteiger partial charge on any atom is 0.251 e. The van der Waals surface area contributed by atoms with Crippen LogP contribution in [0.4, 0.5) is 5.69 Å². The van der Waals surface area contributed by atoms with Crippen molar-refractivity contribution in [3.63, 3.8) is 0 Å². The van der Waals surface area contributed by atoms with Crippen LogP contribution in [0.2, 0.25) is 0 Å². The van der Waals surface area contributed by atoms with E-state index in [1.807, 2.05) is 24.3 Å². The lowest BCUT2D eigenvalue weighted by atomic mass is 10.1. The van der Waals surface area contributed by atoms with Gasteiger partial charge in [-0.1, -0.05) is 22.0 Å². The third kappa shape index (κ3) is 2.96. The standard InChI is InChI=1S/C13H15BrN2O3/c1-15(19-2)13(18)9-6-12(17)16(8-9)11-5-3-4-10(14)7-11/h3-5,7,9H,6,8H2,1-2H3. The molecule has 5 nitrogen and oxygen atoms in total. The zero-order chi connectivity index (χ0) is 14.0. The Morgan fingerprint density at radius 3 is 2.89 bits per heavy atom. The molecule has 0 aliphatic carbocycles. The summed E-state index contributed by atoms with van der Waals surface area (Å²) in [5, 5.41) is 1.17. The van der Waals surface area contributed by atoms with E-state index < -0.39 is 0 Å². The summed E-state index contributed by atoms with van der Waals surface area (Å²) in [5.41, 5.74) is 0.801. The molecule has 1 heterocycles. The van der Waals surface area contributed by atoms with Crippen LogP contribution in [0.1, 0.15) is 6.42 Å². The molecule has 102 valence electrons. The maximum atomic E-state index is 12.0. The number of hydrogen-bond acceptors (Lipinski definition) is 3. The van der Waals surface area contributed by atoms with Gasteiger partial charge in [0.25, 0.3) is 5.91 Å². The molecule has 0 aromatic heterocycles. The van der Waals surface area contributed by atoms with Gasteiger partial charge in [-0.2, -0.15) is 0 Å². The van der Waals surface area contributed by atoms with Crippen molar-refractivity contribution in [3.05, 3.63) is 28.7 Å². The molecule has 0 spiro atoms. The third-order valence-electron chi connectivity index (χ3n) is 3.18. The molecule has 6 heteroatoms. The number of hydroxylamine groups is 2. The summed E-state index contributed by atoms with van der Waals surface area (Å²) in [4.78, 5) is 30.5. The lowest BCUT2D eigenvalue weighted by Crippen LogP contribution is -2.34. The molecule has 0 bridgehead atoms. The number of hydrogen-bond donors (Lipinski definition) is 0. The highest BCUT2D eigenvalue weighted by molar-refractivity contribution is 9.10. The third-order valence-corrected chi connectivity index (χ3v) is 3.67. The molecule has 1 aromatic rings. The van der Waals surface area contributed by atoms with Gasteiger partial charge in [-0.3, -0.25) is 14.4 Å². The number of halogens is 1. The smallest absolute Gasteiger partial charge is 0.251 e. The summed E-state index contributed by atoms with van der Waals surface area (Å²) < 4.78 is 0.904. The molecule has 1 saturated heterocycles. The number of nitrogens with zero attached hydrogens (tertiary/aromatic N) is 2. The number of carbonyl (C=O) groups is 2. The lowest BCUT2D eigenvalue weighted by molar-refractivity contribution is -0.172. The van der Waals surface area contributed by atoms with E-state index in [9.17, 15) is 9.59 Å². The van der Waals surface area contributed by atoms with Crippen molar-refractivity contribution >= 4 is 33.4 Å². The summed E-state index contributed by atoms with van der Waals surface area (Å²) in [5.74, 6) is -0.564. The molecule has 1 aromatic carbocycles. The zero-order valence-corrected chi connectivity index (χ0v) is 12.4. The average molecular weight is 327 g/mol. The Kier molecular flexibility index (Phi) is 4.21. The van der Waals surface area contributed by atoms with E-state index in [1.165, 1.54) is 12.2 Å². The van der Waals surface area contributed by atoms with E-state index in [4.69, 9.17) is 4.84 Å². The summed E-state index contributed by atoms with van der Waals surface area (Å²) >= 11 is 3.37. The molecular formula is C13H15BrN2O3. The lowest BCUT2D eigenvalue weighted by Gasteiger charge is -2.19. The predicted octanol–water partition coefficient (Wildman–Crippen LogP) is 1.82. The largest absolute Gasteiger partial charge is 0.312 e. The highest BCUT2D eigenvalue weighted by Crippen LogP contribution is 2.28. The van der Waals surface area contributed by atoms with Crippen molar-refractivity contribution in [1.82, 2.24) is 5.06 Å². The van der Waals surface area contributed by atoms with Crippen LogP contribution in [-0.4, -0.2) is 37.6 Å². The molecule has 1 aliphatic rings. The fourth-order valence-corrected chi connectivity index (χ4v) is 2.50. The predicted molar refractivity (Wildman–Crippen MR) is 74.4 cm³/mol. The van der Waals surface area contributed by atoms with Gasteiger partial charge in [0.2, 0.25) is 5.91 Å².